The Kier molecular flexibility index (Phi) is 4.99. The zero-order chi connectivity index (χ0) is 14.5. The van der Waals surface area contributed by atoms with Crippen LogP contribution in [-0.4, -0.2) is 11.5 Å². The summed E-state index contributed by atoms with van der Waals surface area (Å²) >= 11 is 0. The molecule has 2 heteroatoms. The SMILES string of the molecule is CCCNc1cc(CCC)nc2ccc(C(C)C)cc12. The fraction of sp³-hybridized carbons (Fsp3) is 0.500. The predicted molar refractivity (Wildman–Crippen MR) is 88.6 cm³/mol. The van der Waals surface area contributed by atoms with Crippen LogP contribution in [0.3, 0.4) is 0 Å². The topological polar surface area (TPSA) is 24.9 Å². The van der Waals surface area contributed by atoms with Gasteiger partial charge in [-0.05, 0) is 42.5 Å². The van der Waals surface area contributed by atoms with E-state index in [-0.39, 0.29) is 0 Å². The van der Waals surface area contributed by atoms with Gasteiger partial charge in [0, 0.05) is 23.3 Å². The zero-order valence-corrected chi connectivity index (χ0v) is 13.2. The molecule has 1 heterocycles. The lowest BCUT2D eigenvalue weighted by molar-refractivity contribution is 0.867. The van der Waals surface area contributed by atoms with Gasteiger partial charge in [0.1, 0.15) is 0 Å². The summed E-state index contributed by atoms with van der Waals surface area (Å²) in [4.78, 5) is 4.79. The molecule has 0 unspecified atom stereocenters. The normalized spacial score (nSPS) is 11.2. The highest BCUT2D eigenvalue weighted by atomic mass is 14.9. The summed E-state index contributed by atoms with van der Waals surface area (Å²) in [5.74, 6) is 0.550. The molecule has 2 aromatic rings. The van der Waals surface area contributed by atoms with E-state index < -0.39 is 0 Å². The Morgan fingerprint density at radius 3 is 2.55 bits per heavy atom. The van der Waals surface area contributed by atoms with E-state index in [2.05, 4.69) is 57.3 Å². The molecule has 1 N–H and O–H groups in total. The summed E-state index contributed by atoms with van der Waals surface area (Å²) in [7, 11) is 0. The number of fused-ring (bicyclic) bond motifs is 1. The van der Waals surface area contributed by atoms with Gasteiger partial charge in [0.2, 0.25) is 0 Å². The van der Waals surface area contributed by atoms with Crippen molar-refractivity contribution in [2.75, 3.05) is 11.9 Å². The molecule has 0 atom stereocenters. The molecule has 0 saturated carbocycles. The van der Waals surface area contributed by atoms with Crippen molar-refractivity contribution in [3.63, 3.8) is 0 Å². The molecule has 0 bridgehead atoms. The fourth-order valence-electron chi connectivity index (χ4n) is 2.45. The van der Waals surface area contributed by atoms with Gasteiger partial charge in [-0.3, -0.25) is 4.98 Å². The molecule has 1 aromatic heterocycles. The van der Waals surface area contributed by atoms with Crippen molar-refractivity contribution in [1.82, 2.24) is 4.98 Å². The highest BCUT2D eigenvalue weighted by Crippen LogP contribution is 2.27. The van der Waals surface area contributed by atoms with Crippen LogP contribution >= 0.6 is 0 Å². The van der Waals surface area contributed by atoms with E-state index in [4.69, 9.17) is 4.98 Å². The monoisotopic (exact) mass is 270 g/mol. The molecule has 0 aliphatic rings. The Morgan fingerprint density at radius 2 is 1.90 bits per heavy atom. The van der Waals surface area contributed by atoms with Crippen molar-refractivity contribution in [3.05, 3.63) is 35.5 Å². The van der Waals surface area contributed by atoms with Crippen molar-refractivity contribution in [2.24, 2.45) is 0 Å². The van der Waals surface area contributed by atoms with Gasteiger partial charge in [-0.1, -0.05) is 40.2 Å². The molecule has 0 aliphatic carbocycles. The van der Waals surface area contributed by atoms with Crippen molar-refractivity contribution >= 4 is 16.6 Å². The van der Waals surface area contributed by atoms with E-state index in [1.807, 2.05) is 0 Å². The maximum absolute atomic E-state index is 4.79. The van der Waals surface area contributed by atoms with Crippen LogP contribution < -0.4 is 5.32 Å². The van der Waals surface area contributed by atoms with Crippen LogP contribution in [0.25, 0.3) is 10.9 Å². The van der Waals surface area contributed by atoms with Crippen molar-refractivity contribution in [1.29, 1.82) is 0 Å². The van der Waals surface area contributed by atoms with E-state index >= 15 is 0 Å². The van der Waals surface area contributed by atoms with E-state index in [0.29, 0.717) is 5.92 Å². The largest absolute Gasteiger partial charge is 0.384 e. The van der Waals surface area contributed by atoms with E-state index in [9.17, 15) is 0 Å². The lowest BCUT2D eigenvalue weighted by Crippen LogP contribution is -2.03. The molecule has 0 saturated heterocycles. The Labute approximate surface area is 122 Å². The number of hydrogen-bond acceptors (Lipinski definition) is 2. The quantitative estimate of drug-likeness (QED) is 0.786. The number of nitrogens with one attached hydrogen (secondary N) is 1. The van der Waals surface area contributed by atoms with E-state index in [1.54, 1.807) is 0 Å². The van der Waals surface area contributed by atoms with Gasteiger partial charge < -0.3 is 5.32 Å². The van der Waals surface area contributed by atoms with Crippen LogP contribution in [0.1, 0.15) is 57.7 Å². The first kappa shape index (κ1) is 14.8. The number of rotatable bonds is 6. The maximum Gasteiger partial charge on any atom is 0.0726 e. The lowest BCUT2D eigenvalue weighted by Gasteiger charge is -2.13. The Balaban J connectivity index is 2.52. The van der Waals surface area contributed by atoms with Crippen molar-refractivity contribution < 1.29 is 0 Å². The molecule has 0 radical (unpaired) electrons. The van der Waals surface area contributed by atoms with Crippen LogP contribution in [-0.2, 0) is 6.42 Å². The predicted octanol–water partition coefficient (Wildman–Crippen LogP) is 5.13. The average molecular weight is 270 g/mol. The summed E-state index contributed by atoms with van der Waals surface area (Å²) in [5, 5.41) is 4.82. The summed E-state index contributed by atoms with van der Waals surface area (Å²) in [5.41, 5.74) is 4.92. The van der Waals surface area contributed by atoms with Crippen molar-refractivity contribution in [2.45, 2.75) is 52.9 Å². The van der Waals surface area contributed by atoms with E-state index in [0.717, 1.165) is 31.3 Å². The Bertz CT molecular complexity index is 573. The lowest BCUT2D eigenvalue weighted by atomic mass is 10.00. The summed E-state index contributed by atoms with van der Waals surface area (Å²) in [6.07, 6.45) is 3.31. The van der Waals surface area contributed by atoms with Gasteiger partial charge >= 0.3 is 0 Å². The first-order chi connectivity index (χ1) is 9.65. The minimum absolute atomic E-state index is 0.550. The van der Waals surface area contributed by atoms with Gasteiger partial charge in [-0.25, -0.2) is 0 Å². The average Bonchev–Trinajstić information content (AvgIpc) is 2.44. The molecule has 0 aliphatic heterocycles. The second-order valence-corrected chi connectivity index (χ2v) is 5.77. The van der Waals surface area contributed by atoms with Crippen LogP contribution in [0.4, 0.5) is 5.69 Å². The molecule has 0 amide bonds. The highest BCUT2D eigenvalue weighted by Gasteiger charge is 2.08. The summed E-state index contributed by atoms with van der Waals surface area (Å²) in [6.45, 7) is 9.88. The molecular weight excluding hydrogens is 244 g/mol. The van der Waals surface area contributed by atoms with Crippen LogP contribution in [0.2, 0.25) is 0 Å². The molecular formula is C18H26N2. The van der Waals surface area contributed by atoms with Crippen molar-refractivity contribution in [3.8, 4) is 0 Å². The first-order valence-electron chi connectivity index (χ1n) is 7.83. The molecule has 108 valence electrons. The molecule has 1 aromatic carbocycles. The Hall–Kier alpha value is -1.57. The third-order valence-electron chi connectivity index (χ3n) is 3.62. The zero-order valence-electron chi connectivity index (χ0n) is 13.2. The number of benzene rings is 1. The standard InChI is InChI=1S/C18H26N2/c1-5-7-15-12-18(19-10-6-2)16-11-14(13(3)4)8-9-17(16)20-15/h8-9,11-13H,5-7,10H2,1-4H3,(H,19,20). The number of pyridine rings is 1. The number of nitrogens with zero attached hydrogens (tertiary/aromatic N) is 1. The fourth-order valence-corrected chi connectivity index (χ4v) is 2.45. The van der Waals surface area contributed by atoms with Gasteiger partial charge in [0.15, 0.2) is 0 Å². The smallest absolute Gasteiger partial charge is 0.0726 e. The maximum atomic E-state index is 4.79. The molecule has 2 nitrogen and oxygen atoms in total. The van der Waals surface area contributed by atoms with Crippen LogP contribution in [0, 0.1) is 0 Å². The van der Waals surface area contributed by atoms with Gasteiger partial charge in [-0.15, -0.1) is 0 Å². The van der Waals surface area contributed by atoms with Crippen LogP contribution in [0.5, 0.6) is 0 Å². The second-order valence-electron chi connectivity index (χ2n) is 5.77. The van der Waals surface area contributed by atoms with Gasteiger partial charge in [0.05, 0.1) is 5.52 Å². The minimum atomic E-state index is 0.550. The number of aromatic nitrogens is 1. The number of aryl methyl sites for hydroxylation is 1. The van der Waals surface area contributed by atoms with E-state index in [1.165, 1.54) is 22.3 Å². The third kappa shape index (κ3) is 3.30. The molecule has 2 rings (SSSR count). The van der Waals surface area contributed by atoms with Gasteiger partial charge in [-0.2, -0.15) is 0 Å². The summed E-state index contributed by atoms with van der Waals surface area (Å²) in [6, 6.07) is 8.90. The Morgan fingerprint density at radius 1 is 1.10 bits per heavy atom. The number of anilines is 1. The first-order valence-corrected chi connectivity index (χ1v) is 7.83. The minimum Gasteiger partial charge on any atom is -0.384 e. The summed E-state index contributed by atoms with van der Waals surface area (Å²) < 4.78 is 0. The molecule has 20 heavy (non-hydrogen) atoms. The van der Waals surface area contributed by atoms with Crippen LogP contribution in [0.15, 0.2) is 24.3 Å². The van der Waals surface area contributed by atoms with Gasteiger partial charge in [0.25, 0.3) is 0 Å². The highest BCUT2D eigenvalue weighted by molar-refractivity contribution is 5.92. The molecule has 0 spiro atoms. The third-order valence-corrected chi connectivity index (χ3v) is 3.62. The second kappa shape index (κ2) is 6.74. The molecule has 0 fully saturated rings. The number of hydrogen-bond donors (Lipinski definition) is 1.